The number of aromatic nitrogens is 1. The van der Waals surface area contributed by atoms with Gasteiger partial charge in [0.25, 0.3) is 0 Å². The summed E-state index contributed by atoms with van der Waals surface area (Å²) >= 11 is 0. The summed E-state index contributed by atoms with van der Waals surface area (Å²) in [4.78, 5) is 14.7. The van der Waals surface area contributed by atoms with E-state index in [4.69, 9.17) is 19.3 Å². The van der Waals surface area contributed by atoms with Crippen molar-refractivity contribution in [3.8, 4) is 17.2 Å². The zero-order valence-electron chi connectivity index (χ0n) is 10.5. The molecule has 0 atom stereocenters. The molecule has 1 aromatic carbocycles. The minimum Gasteiger partial charge on any atom is -0.493 e. The van der Waals surface area contributed by atoms with E-state index < -0.39 is 12.6 Å². The van der Waals surface area contributed by atoms with Crippen molar-refractivity contribution < 1.29 is 24.1 Å². The molecule has 6 nitrogen and oxygen atoms in total. The van der Waals surface area contributed by atoms with Crippen molar-refractivity contribution in [1.29, 1.82) is 0 Å². The number of rotatable bonds is 5. The van der Waals surface area contributed by atoms with Crippen molar-refractivity contribution in [2.24, 2.45) is 0 Å². The van der Waals surface area contributed by atoms with Crippen LogP contribution in [0.4, 0.5) is 0 Å². The molecule has 1 aromatic heterocycles. The van der Waals surface area contributed by atoms with Gasteiger partial charge in [-0.15, -0.1) is 0 Å². The summed E-state index contributed by atoms with van der Waals surface area (Å²) in [6.07, 6.45) is 1.55. The van der Waals surface area contributed by atoms with Gasteiger partial charge in [0.2, 0.25) is 0 Å². The molecule has 2 aromatic rings. The molecular formula is C13H13NO5. The van der Waals surface area contributed by atoms with Crippen LogP contribution < -0.4 is 14.2 Å². The minimum absolute atomic E-state index is 0.409. The molecule has 0 aliphatic heterocycles. The number of fused-ring (bicyclic) bond motifs is 1. The Morgan fingerprint density at radius 2 is 1.89 bits per heavy atom. The quantitative estimate of drug-likeness (QED) is 0.884. The van der Waals surface area contributed by atoms with Gasteiger partial charge in [0.1, 0.15) is 5.75 Å². The second-order valence-electron chi connectivity index (χ2n) is 3.72. The maximum Gasteiger partial charge on any atom is 0.341 e. The molecule has 19 heavy (non-hydrogen) atoms. The summed E-state index contributed by atoms with van der Waals surface area (Å²) in [5, 5.41) is 9.31. The first-order valence-corrected chi connectivity index (χ1v) is 5.51. The number of nitrogens with zero attached hydrogens (tertiary/aromatic N) is 1. The lowest BCUT2D eigenvalue weighted by atomic mass is 10.2. The molecule has 2 rings (SSSR count). The van der Waals surface area contributed by atoms with Crippen molar-refractivity contribution in [2.75, 3.05) is 20.8 Å². The number of hydrogen-bond donors (Lipinski definition) is 1. The summed E-state index contributed by atoms with van der Waals surface area (Å²) in [7, 11) is 3.06. The minimum atomic E-state index is -1.04. The number of carbonyl (C=O) groups is 1. The molecule has 1 N–H and O–H groups in total. The van der Waals surface area contributed by atoms with E-state index in [1.165, 1.54) is 14.2 Å². The normalized spacial score (nSPS) is 10.2. The molecule has 1 heterocycles. The predicted octanol–water partition coefficient (Wildman–Crippen LogP) is 1.72. The summed E-state index contributed by atoms with van der Waals surface area (Å²) < 4.78 is 15.6. The van der Waals surface area contributed by atoms with Crippen molar-refractivity contribution in [1.82, 2.24) is 4.98 Å². The lowest BCUT2D eigenvalue weighted by molar-refractivity contribution is -0.139. The third-order valence-electron chi connectivity index (χ3n) is 2.56. The second kappa shape index (κ2) is 5.43. The Hall–Kier alpha value is -2.50. The lowest BCUT2D eigenvalue weighted by Gasteiger charge is -2.11. The number of hydrogen-bond acceptors (Lipinski definition) is 5. The highest BCUT2D eigenvalue weighted by atomic mass is 16.5. The smallest absolute Gasteiger partial charge is 0.341 e. The third-order valence-corrected chi connectivity index (χ3v) is 2.56. The Bertz CT molecular complexity index is 611. The van der Waals surface area contributed by atoms with Crippen LogP contribution in [0.2, 0.25) is 0 Å². The first-order valence-electron chi connectivity index (χ1n) is 5.51. The number of methoxy groups -OCH3 is 2. The number of aliphatic carboxylic acids is 1. The summed E-state index contributed by atoms with van der Waals surface area (Å²) in [6.45, 7) is -0.409. The molecule has 0 bridgehead atoms. The fraction of sp³-hybridized carbons (Fsp3) is 0.231. The van der Waals surface area contributed by atoms with Gasteiger partial charge in [-0.25, -0.2) is 4.79 Å². The Kier molecular flexibility index (Phi) is 3.70. The molecule has 0 radical (unpaired) electrons. The number of ether oxygens (including phenoxy) is 3. The molecular weight excluding hydrogens is 250 g/mol. The molecule has 0 aliphatic carbocycles. The van der Waals surface area contributed by atoms with Crippen LogP contribution >= 0.6 is 0 Å². The highest BCUT2D eigenvalue weighted by molar-refractivity contribution is 5.88. The Morgan fingerprint density at radius 1 is 1.21 bits per heavy atom. The number of carboxylic acid groups (broad SMARTS) is 1. The zero-order chi connectivity index (χ0) is 13.8. The summed E-state index contributed by atoms with van der Waals surface area (Å²) in [6, 6.07) is 5.03. The van der Waals surface area contributed by atoms with E-state index in [1.807, 2.05) is 0 Å². The van der Waals surface area contributed by atoms with Crippen LogP contribution in [-0.2, 0) is 4.79 Å². The van der Waals surface area contributed by atoms with Crippen molar-refractivity contribution in [2.45, 2.75) is 0 Å². The molecule has 0 unspecified atom stereocenters. The van der Waals surface area contributed by atoms with Gasteiger partial charge in [-0.2, -0.15) is 0 Å². The number of pyridine rings is 1. The summed E-state index contributed by atoms with van der Waals surface area (Å²) in [5.41, 5.74) is 0.639. The van der Waals surface area contributed by atoms with Gasteiger partial charge in [0.15, 0.2) is 18.1 Å². The van der Waals surface area contributed by atoms with Gasteiger partial charge in [0, 0.05) is 17.6 Å². The highest BCUT2D eigenvalue weighted by Gasteiger charge is 2.11. The van der Waals surface area contributed by atoms with E-state index >= 15 is 0 Å². The highest BCUT2D eigenvalue weighted by Crippen LogP contribution is 2.35. The molecule has 0 aliphatic rings. The van der Waals surface area contributed by atoms with Gasteiger partial charge in [-0.05, 0) is 12.1 Å². The van der Waals surface area contributed by atoms with E-state index in [-0.39, 0.29) is 0 Å². The van der Waals surface area contributed by atoms with Crippen molar-refractivity contribution in [3.63, 3.8) is 0 Å². The molecule has 0 fully saturated rings. The van der Waals surface area contributed by atoms with Gasteiger partial charge >= 0.3 is 5.97 Å². The van der Waals surface area contributed by atoms with Crippen molar-refractivity contribution >= 4 is 16.9 Å². The first-order chi connectivity index (χ1) is 9.15. The van der Waals surface area contributed by atoms with Gasteiger partial charge in [0.05, 0.1) is 19.7 Å². The number of benzene rings is 1. The monoisotopic (exact) mass is 263 g/mol. The maximum atomic E-state index is 10.5. The van der Waals surface area contributed by atoms with Crippen LogP contribution in [0.15, 0.2) is 24.4 Å². The van der Waals surface area contributed by atoms with Crippen LogP contribution in [0.3, 0.4) is 0 Å². The predicted molar refractivity (Wildman–Crippen MR) is 68.0 cm³/mol. The topological polar surface area (TPSA) is 77.9 Å². The zero-order valence-corrected chi connectivity index (χ0v) is 10.5. The van der Waals surface area contributed by atoms with Gasteiger partial charge in [-0.3, -0.25) is 4.98 Å². The Balaban J connectivity index is 2.51. The molecule has 6 heteroatoms. The van der Waals surface area contributed by atoms with E-state index in [1.54, 1.807) is 24.4 Å². The van der Waals surface area contributed by atoms with Crippen LogP contribution in [0.1, 0.15) is 0 Å². The average molecular weight is 263 g/mol. The number of carboxylic acids is 1. The van der Waals surface area contributed by atoms with E-state index in [2.05, 4.69) is 4.98 Å². The van der Waals surface area contributed by atoms with Gasteiger partial charge < -0.3 is 19.3 Å². The second-order valence-corrected chi connectivity index (χ2v) is 3.72. The first kappa shape index (κ1) is 12.9. The molecule has 100 valence electrons. The molecule has 0 amide bonds. The standard InChI is InChI=1S/C13H13NO5/c1-17-11-5-8-9(6-12(11)18-2)14-4-3-10(8)19-7-13(15)16/h3-6H,7H2,1-2H3,(H,15,16). The largest absolute Gasteiger partial charge is 0.493 e. The molecule has 0 spiro atoms. The van der Waals surface area contributed by atoms with Gasteiger partial charge in [-0.1, -0.05) is 0 Å². The van der Waals surface area contributed by atoms with Crippen LogP contribution in [-0.4, -0.2) is 36.9 Å². The Morgan fingerprint density at radius 3 is 2.53 bits per heavy atom. The average Bonchev–Trinajstić information content (AvgIpc) is 2.43. The summed E-state index contributed by atoms with van der Waals surface area (Å²) in [5.74, 6) is 0.486. The fourth-order valence-corrected chi connectivity index (χ4v) is 1.71. The Labute approximate surface area is 109 Å². The molecule has 0 saturated heterocycles. The maximum absolute atomic E-state index is 10.5. The van der Waals surface area contributed by atoms with Crippen LogP contribution in [0, 0.1) is 0 Å². The van der Waals surface area contributed by atoms with E-state index in [0.29, 0.717) is 28.2 Å². The molecule has 0 saturated carbocycles. The van der Waals surface area contributed by atoms with Crippen LogP contribution in [0.5, 0.6) is 17.2 Å². The van der Waals surface area contributed by atoms with Crippen LogP contribution in [0.25, 0.3) is 10.9 Å². The van der Waals surface area contributed by atoms with Crippen molar-refractivity contribution in [3.05, 3.63) is 24.4 Å². The SMILES string of the molecule is COc1cc2nccc(OCC(=O)O)c2cc1OC. The van der Waals surface area contributed by atoms with E-state index in [9.17, 15) is 4.79 Å². The van der Waals surface area contributed by atoms with E-state index in [0.717, 1.165) is 0 Å². The third kappa shape index (κ3) is 2.67. The lowest BCUT2D eigenvalue weighted by Crippen LogP contribution is -2.09. The fourth-order valence-electron chi connectivity index (χ4n) is 1.71.